The molecule has 5 heteroatoms. The first-order valence-corrected chi connectivity index (χ1v) is 7.51. The van der Waals surface area contributed by atoms with Gasteiger partial charge in [0.2, 0.25) is 5.91 Å². The van der Waals surface area contributed by atoms with E-state index in [1.165, 1.54) is 6.07 Å². The summed E-state index contributed by atoms with van der Waals surface area (Å²) in [5.74, 6) is -0.550. The fourth-order valence-corrected chi connectivity index (χ4v) is 2.81. The van der Waals surface area contributed by atoms with Crippen molar-refractivity contribution < 1.29 is 9.18 Å². The van der Waals surface area contributed by atoms with Crippen molar-refractivity contribution >= 4 is 11.6 Å². The van der Waals surface area contributed by atoms with Gasteiger partial charge in [-0.15, -0.1) is 0 Å². The van der Waals surface area contributed by atoms with Crippen LogP contribution >= 0.6 is 0 Å². The highest BCUT2D eigenvalue weighted by atomic mass is 19.1. The first-order valence-electron chi connectivity index (χ1n) is 7.51. The Kier molecular flexibility index (Phi) is 4.83. The van der Waals surface area contributed by atoms with Gasteiger partial charge in [0, 0.05) is 19.6 Å². The van der Waals surface area contributed by atoms with Crippen LogP contribution in [0.3, 0.4) is 0 Å². The Balaban J connectivity index is 2.21. The highest BCUT2D eigenvalue weighted by molar-refractivity contribution is 5.82. The average molecular weight is 293 g/mol. The summed E-state index contributed by atoms with van der Waals surface area (Å²) in [4.78, 5) is 13.5. The van der Waals surface area contributed by atoms with E-state index < -0.39 is 5.41 Å². The minimum atomic E-state index is -0.573. The van der Waals surface area contributed by atoms with E-state index in [1.807, 2.05) is 17.9 Å². The van der Waals surface area contributed by atoms with E-state index >= 15 is 0 Å². The van der Waals surface area contributed by atoms with E-state index in [9.17, 15) is 9.18 Å². The minimum absolute atomic E-state index is 0.237. The van der Waals surface area contributed by atoms with Crippen molar-refractivity contribution in [3.05, 3.63) is 29.6 Å². The van der Waals surface area contributed by atoms with Crippen molar-refractivity contribution in [2.75, 3.05) is 24.5 Å². The van der Waals surface area contributed by atoms with Gasteiger partial charge in [-0.3, -0.25) is 4.79 Å². The van der Waals surface area contributed by atoms with E-state index in [2.05, 4.69) is 12.2 Å². The molecule has 1 amide bonds. The maximum absolute atomic E-state index is 14.3. The third-order valence-corrected chi connectivity index (χ3v) is 4.20. The summed E-state index contributed by atoms with van der Waals surface area (Å²) in [7, 11) is 0. The van der Waals surface area contributed by atoms with Gasteiger partial charge in [-0.25, -0.2) is 4.39 Å². The number of hydrogen-bond acceptors (Lipinski definition) is 3. The number of nitrogens with zero attached hydrogens (tertiary/aromatic N) is 1. The molecule has 1 unspecified atom stereocenters. The minimum Gasteiger partial charge on any atom is -0.369 e. The molecule has 0 radical (unpaired) electrons. The first-order chi connectivity index (χ1) is 9.98. The molecule has 0 spiro atoms. The third kappa shape index (κ3) is 3.35. The molecule has 1 heterocycles. The van der Waals surface area contributed by atoms with Gasteiger partial charge in [0.15, 0.2) is 0 Å². The lowest BCUT2D eigenvalue weighted by molar-refractivity contribution is -0.125. The average Bonchev–Trinajstić information content (AvgIpc) is 2.83. The van der Waals surface area contributed by atoms with Crippen molar-refractivity contribution in [3.63, 3.8) is 0 Å². The molecule has 21 heavy (non-hydrogen) atoms. The number of anilines is 1. The zero-order valence-corrected chi connectivity index (χ0v) is 12.8. The largest absolute Gasteiger partial charge is 0.369 e. The molecule has 1 aromatic rings. The summed E-state index contributed by atoms with van der Waals surface area (Å²) in [6.45, 7) is 6.61. The number of carbonyl (C=O) groups is 1. The van der Waals surface area contributed by atoms with Crippen molar-refractivity contribution in [3.8, 4) is 0 Å². The normalized spacial score (nSPS) is 21.8. The van der Waals surface area contributed by atoms with Crippen LogP contribution in [-0.2, 0) is 11.3 Å². The number of amides is 1. The molecule has 1 aliphatic heterocycles. The topological polar surface area (TPSA) is 58.4 Å². The van der Waals surface area contributed by atoms with Crippen LogP contribution in [0.2, 0.25) is 0 Å². The monoisotopic (exact) mass is 293 g/mol. The van der Waals surface area contributed by atoms with Gasteiger partial charge < -0.3 is 16.0 Å². The highest BCUT2D eigenvalue weighted by Gasteiger charge is 2.40. The lowest BCUT2D eigenvalue weighted by Gasteiger charge is -2.25. The quantitative estimate of drug-likeness (QED) is 0.789. The summed E-state index contributed by atoms with van der Waals surface area (Å²) in [5, 5.41) is 3.30. The maximum atomic E-state index is 14.3. The van der Waals surface area contributed by atoms with Crippen LogP contribution in [0.1, 0.15) is 32.3 Å². The van der Waals surface area contributed by atoms with Gasteiger partial charge >= 0.3 is 0 Å². The number of para-hydroxylation sites is 1. The molecular formula is C16H24FN3O. The molecule has 0 aromatic heterocycles. The Hall–Kier alpha value is -1.62. The second kappa shape index (κ2) is 6.43. The molecule has 1 aliphatic rings. The van der Waals surface area contributed by atoms with Gasteiger partial charge in [-0.2, -0.15) is 0 Å². The molecular weight excluding hydrogens is 269 g/mol. The van der Waals surface area contributed by atoms with E-state index in [0.717, 1.165) is 18.5 Å². The number of rotatable bonds is 6. The molecule has 2 rings (SSSR count). The van der Waals surface area contributed by atoms with Gasteiger partial charge in [0.1, 0.15) is 5.82 Å². The zero-order valence-electron chi connectivity index (χ0n) is 12.8. The standard InChI is InChI=1S/C16H24FN3O/c1-3-8-19-10-12-5-4-6-13(17)14(12)20-9-7-16(2,11-20)15(18)21/h4-6,19H,3,7-11H2,1-2H3,(H2,18,21). The molecule has 4 nitrogen and oxygen atoms in total. The van der Waals surface area contributed by atoms with Crippen LogP contribution in [0.5, 0.6) is 0 Å². The molecule has 1 atom stereocenters. The van der Waals surface area contributed by atoms with Crippen molar-refractivity contribution in [1.82, 2.24) is 5.32 Å². The fourth-order valence-electron chi connectivity index (χ4n) is 2.81. The second-order valence-corrected chi connectivity index (χ2v) is 6.02. The molecule has 0 saturated carbocycles. The number of benzene rings is 1. The van der Waals surface area contributed by atoms with E-state index in [0.29, 0.717) is 31.7 Å². The Morgan fingerprint density at radius 2 is 2.29 bits per heavy atom. The molecule has 116 valence electrons. The van der Waals surface area contributed by atoms with Crippen molar-refractivity contribution in [1.29, 1.82) is 0 Å². The predicted molar refractivity (Wildman–Crippen MR) is 82.5 cm³/mol. The maximum Gasteiger partial charge on any atom is 0.225 e. The lowest BCUT2D eigenvalue weighted by atomic mass is 9.89. The second-order valence-electron chi connectivity index (χ2n) is 6.02. The smallest absolute Gasteiger partial charge is 0.225 e. The van der Waals surface area contributed by atoms with Crippen LogP contribution in [-0.4, -0.2) is 25.5 Å². The number of nitrogens with two attached hydrogens (primary N) is 1. The van der Waals surface area contributed by atoms with Crippen molar-refractivity contribution in [2.24, 2.45) is 11.1 Å². The van der Waals surface area contributed by atoms with E-state index in [1.54, 1.807) is 6.07 Å². The van der Waals surface area contributed by atoms with E-state index in [4.69, 9.17) is 5.73 Å². The first kappa shape index (κ1) is 15.8. The Bertz CT molecular complexity index is 520. The number of nitrogens with one attached hydrogen (secondary N) is 1. The number of carbonyl (C=O) groups excluding carboxylic acids is 1. The summed E-state index contributed by atoms with van der Waals surface area (Å²) in [6.07, 6.45) is 1.70. The van der Waals surface area contributed by atoms with Crippen LogP contribution in [0.25, 0.3) is 0 Å². The van der Waals surface area contributed by atoms with Gasteiger partial charge in [0.25, 0.3) is 0 Å². The number of hydrogen-bond donors (Lipinski definition) is 2. The SMILES string of the molecule is CCCNCc1cccc(F)c1N1CCC(C)(C(N)=O)C1. The summed E-state index contributed by atoms with van der Waals surface area (Å²) in [6, 6.07) is 5.13. The molecule has 0 bridgehead atoms. The van der Waals surface area contributed by atoms with Gasteiger partial charge in [-0.05, 0) is 37.9 Å². The third-order valence-electron chi connectivity index (χ3n) is 4.20. The predicted octanol–water partition coefficient (Wildman–Crippen LogP) is 2.03. The molecule has 3 N–H and O–H groups in total. The van der Waals surface area contributed by atoms with Crippen LogP contribution in [0.4, 0.5) is 10.1 Å². The van der Waals surface area contributed by atoms with Crippen LogP contribution in [0, 0.1) is 11.2 Å². The summed E-state index contributed by atoms with van der Waals surface area (Å²) in [5.41, 5.74) is 6.43. The van der Waals surface area contributed by atoms with Gasteiger partial charge in [-0.1, -0.05) is 19.1 Å². The number of halogens is 1. The fraction of sp³-hybridized carbons (Fsp3) is 0.562. The number of primary amides is 1. The Morgan fingerprint density at radius 3 is 2.90 bits per heavy atom. The van der Waals surface area contributed by atoms with Crippen molar-refractivity contribution in [2.45, 2.75) is 33.2 Å². The Labute approximate surface area is 125 Å². The van der Waals surface area contributed by atoms with E-state index in [-0.39, 0.29) is 11.7 Å². The molecule has 0 aliphatic carbocycles. The summed E-state index contributed by atoms with van der Waals surface area (Å²) >= 11 is 0. The summed E-state index contributed by atoms with van der Waals surface area (Å²) < 4.78 is 14.3. The lowest BCUT2D eigenvalue weighted by Crippen LogP contribution is -2.37. The van der Waals surface area contributed by atoms with Crippen LogP contribution < -0.4 is 16.0 Å². The molecule has 1 saturated heterocycles. The van der Waals surface area contributed by atoms with Gasteiger partial charge in [0.05, 0.1) is 11.1 Å². The highest BCUT2D eigenvalue weighted by Crippen LogP contribution is 2.35. The Morgan fingerprint density at radius 1 is 1.52 bits per heavy atom. The molecule has 1 aromatic carbocycles. The molecule has 1 fully saturated rings. The van der Waals surface area contributed by atoms with Crippen LogP contribution in [0.15, 0.2) is 18.2 Å². The zero-order chi connectivity index (χ0) is 15.5.